The molecule has 124 valence electrons. The minimum absolute atomic E-state index is 0.0788. The number of benzene rings is 1. The summed E-state index contributed by atoms with van der Waals surface area (Å²) in [7, 11) is 1.92. The molecule has 0 aliphatic heterocycles. The lowest BCUT2D eigenvalue weighted by Crippen LogP contribution is -2.31. The maximum Gasteiger partial charge on any atom is 0.259 e. The van der Waals surface area contributed by atoms with Crippen LogP contribution < -0.4 is 0 Å². The van der Waals surface area contributed by atoms with Crippen LogP contribution in [-0.2, 0) is 20.1 Å². The van der Waals surface area contributed by atoms with Crippen LogP contribution >= 0.6 is 22.9 Å². The Bertz CT molecular complexity index is 824. The van der Waals surface area contributed by atoms with Gasteiger partial charge in [0.2, 0.25) is 0 Å². The van der Waals surface area contributed by atoms with E-state index in [1.165, 1.54) is 18.2 Å². The van der Waals surface area contributed by atoms with Crippen molar-refractivity contribution >= 4 is 28.8 Å². The van der Waals surface area contributed by atoms with Crippen molar-refractivity contribution < 1.29 is 9.18 Å². The molecular weight excluding hydrogens is 347 g/mol. The number of carbonyl (C=O) groups is 1. The first-order valence-electron chi connectivity index (χ1n) is 7.42. The van der Waals surface area contributed by atoms with E-state index in [1.807, 2.05) is 47.5 Å². The molecule has 0 aliphatic rings. The average Bonchev–Trinajstić information content (AvgIpc) is 3.19. The van der Waals surface area contributed by atoms with Gasteiger partial charge in [0.1, 0.15) is 5.82 Å². The number of rotatable bonds is 5. The SMILES string of the molecule is Cn1cccc1CN(Cc1cccs1)C(=O)c1c(F)cccc1Cl. The second-order valence-corrected chi connectivity index (χ2v) is 6.89. The topological polar surface area (TPSA) is 25.2 Å². The van der Waals surface area contributed by atoms with E-state index in [9.17, 15) is 9.18 Å². The maximum absolute atomic E-state index is 14.2. The van der Waals surface area contributed by atoms with E-state index < -0.39 is 11.7 Å². The average molecular weight is 363 g/mol. The summed E-state index contributed by atoms with van der Waals surface area (Å²) >= 11 is 7.64. The molecule has 3 nitrogen and oxygen atoms in total. The first-order chi connectivity index (χ1) is 11.6. The molecular formula is C18H16ClFN2OS. The molecule has 0 aliphatic carbocycles. The van der Waals surface area contributed by atoms with Crippen molar-refractivity contribution in [3.05, 3.63) is 81.0 Å². The van der Waals surface area contributed by atoms with Crippen LogP contribution in [0.4, 0.5) is 4.39 Å². The largest absolute Gasteiger partial charge is 0.353 e. The molecule has 0 atom stereocenters. The zero-order chi connectivity index (χ0) is 17.1. The van der Waals surface area contributed by atoms with Crippen molar-refractivity contribution in [2.75, 3.05) is 0 Å². The van der Waals surface area contributed by atoms with Gasteiger partial charge in [-0.1, -0.05) is 23.7 Å². The number of hydrogen-bond donors (Lipinski definition) is 0. The quantitative estimate of drug-likeness (QED) is 0.644. The number of hydrogen-bond acceptors (Lipinski definition) is 2. The first kappa shape index (κ1) is 16.7. The third kappa shape index (κ3) is 3.52. The van der Waals surface area contributed by atoms with Crippen LogP contribution in [-0.4, -0.2) is 15.4 Å². The van der Waals surface area contributed by atoms with Crippen molar-refractivity contribution in [1.82, 2.24) is 9.47 Å². The number of amides is 1. The van der Waals surface area contributed by atoms with Gasteiger partial charge in [-0.3, -0.25) is 4.79 Å². The van der Waals surface area contributed by atoms with Crippen LogP contribution in [0.15, 0.2) is 54.0 Å². The van der Waals surface area contributed by atoms with E-state index in [4.69, 9.17) is 11.6 Å². The molecule has 0 fully saturated rings. The lowest BCUT2D eigenvalue weighted by Gasteiger charge is -2.23. The number of halogens is 2. The van der Waals surface area contributed by atoms with E-state index in [-0.39, 0.29) is 10.6 Å². The van der Waals surface area contributed by atoms with Crippen LogP contribution in [0.3, 0.4) is 0 Å². The highest BCUT2D eigenvalue weighted by Crippen LogP contribution is 2.24. The summed E-state index contributed by atoms with van der Waals surface area (Å²) in [4.78, 5) is 15.6. The molecule has 2 heterocycles. The Balaban J connectivity index is 1.94. The third-order valence-electron chi connectivity index (χ3n) is 3.79. The van der Waals surface area contributed by atoms with Crippen molar-refractivity contribution in [3.63, 3.8) is 0 Å². The Kier molecular flexibility index (Phi) is 5.02. The third-order valence-corrected chi connectivity index (χ3v) is 4.97. The molecule has 0 unspecified atom stereocenters. The standard InChI is InChI=1S/C18H16ClFN2OS/c1-21-9-3-5-13(21)11-22(12-14-6-4-10-24-14)18(23)17-15(19)7-2-8-16(17)20/h2-10H,11-12H2,1H3. The molecule has 0 N–H and O–H groups in total. The molecule has 3 aromatic rings. The number of aromatic nitrogens is 1. The zero-order valence-corrected chi connectivity index (χ0v) is 14.6. The van der Waals surface area contributed by atoms with Crippen LogP contribution in [0, 0.1) is 5.82 Å². The van der Waals surface area contributed by atoms with Crippen LogP contribution in [0.5, 0.6) is 0 Å². The van der Waals surface area contributed by atoms with Gasteiger partial charge < -0.3 is 9.47 Å². The van der Waals surface area contributed by atoms with Crippen LogP contribution in [0.1, 0.15) is 20.9 Å². The Morgan fingerprint density at radius 3 is 2.67 bits per heavy atom. The normalized spacial score (nSPS) is 10.8. The molecule has 0 bridgehead atoms. The predicted molar refractivity (Wildman–Crippen MR) is 94.7 cm³/mol. The molecule has 0 saturated carbocycles. The van der Waals surface area contributed by atoms with E-state index >= 15 is 0 Å². The summed E-state index contributed by atoms with van der Waals surface area (Å²) in [6.45, 7) is 0.789. The molecule has 3 rings (SSSR count). The molecule has 6 heteroatoms. The van der Waals surface area contributed by atoms with Crippen LogP contribution in [0.25, 0.3) is 0 Å². The monoisotopic (exact) mass is 362 g/mol. The van der Waals surface area contributed by atoms with Gasteiger partial charge in [-0.05, 0) is 35.7 Å². The van der Waals surface area contributed by atoms with E-state index in [0.717, 1.165) is 10.6 Å². The lowest BCUT2D eigenvalue weighted by molar-refractivity contribution is 0.0723. The highest BCUT2D eigenvalue weighted by Gasteiger charge is 2.23. The highest BCUT2D eigenvalue weighted by molar-refractivity contribution is 7.09. The molecule has 24 heavy (non-hydrogen) atoms. The van der Waals surface area contributed by atoms with Gasteiger partial charge >= 0.3 is 0 Å². The fraction of sp³-hybridized carbons (Fsp3) is 0.167. The summed E-state index contributed by atoms with van der Waals surface area (Å²) in [5.74, 6) is -1.01. The molecule has 1 amide bonds. The number of nitrogens with zero attached hydrogens (tertiary/aromatic N) is 2. The van der Waals surface area contributed by atoms with Gasteiger partial charge in [0.25, 0.3) is 5.91 Å². The number of carbonyl (C=O) groups excluding carboxylic acids is 1. The molecule has 1 aromatic carbocycles. The van der Waals surface area contributed by atoms with Gasteiger partial charge in [0.05, 0.1) is 23.7 Å². The summed E-state index contributed by atoms with van der Waals surface area (Å²) in [5, 5.41) is 2.08. The summed E-state index contributed by atoms with van der Waals surface area (Å²) < 4.78 is 16.1. The fourth-order valence-electron chi connectivity index (χ4n) is 2.51. The summed E-state index contributed by atoms with van der Waals surface area (Å²) in [6, 6.07) is 12.0. The molecule has 2 aromatic heterocycles. The van der Waals surface area contributed by atoms with Gasteiger partial charge in [0.15, 0.2) is 0 Å². The van der Waals surface area contributed by atoms with E-state index in [1.54, 1.807) is 16.2 Å². The Morgan fingerprint density at radius 2 is 2.04 bits per heavy atom. The predicted octanol–water partition coefficient (Wildman–Crippen LogP) is 4.72. The second kappa shape index (κ2) is 7.20. The minimum atomic E-state index is -0.601. The molecule has 0 spiro atoms. The van der Waals surface area contributed by atoms with Crippen molar-refractivity contribution in [1.29, 1.82) is 0 Å². The second-order valence-electron chi connectivity index (χ2n) is 5.45. The Hall–Kier alpha value is -2.11. The zero-order valence-electron chi connectivity index (χ0n) is 13.1. The van der Waals surface area contributed by atoms with Crippen LogP contribution in [0.2, 0.25) is 5.02 Å². The highest BCUT2D eigenvalue weighted by atomic mass is 35.5. The van der Waals surface area contributed by atoms with E-state index in [2.05, 4.69) is 0 Å². The van der Waals surface area contributed by atoms with Gasteiger partial charge in [-0.25, -0.2) is 4.39 Å². The molecule has 0 radical (unpaired) electrons. The Morgan fingerprint density at radius 1 is 1.21 bits per heavy atom. The smallest absolute Gasteiger partial charge is 0.259 e. The number of thiophene rings is 1. The number of aryl methyl sites for hydroxylation is 1. The Labute approximate surface area is 148 Å². The van der Waals surface area contributed by atoms with Gasteiger partial charge in [-0.2, -0.15) is 0 Å². The summed E-state index contributed by atoms with van der Waals surface area (Å²) in [6.07, 6.45) is 1.92. The van der Waals surface area contributed by atoms with Gasteiger partial charge in [0, 0.05) is 23.8 Å². The maximum atomic E-state index is 14.2. The lowest BCUT2D eigenvalue weighted by atomic mass is 10.1. The van der Waals surface area contributed by atoms with Crippen molar-refractivity contribution in [3.8, 4) is 0 Å². The van der Waals surface area contributed by atoms with E-state index in [0.29, 0.717) is 13.1 Å². The summed E-state index contributed by atoms with van der Waals surface area (Å²) in [5.41, 5.74) is 0.886. The first-order valence-corrected chi connectivity index (χ1v) is 8.68. The fourth-order valence-corrected chi connectivity index (χ4v) is 3.47. The van der Waals surface area contributed by atoms with Crippen molar-refractivity contribution in [2.24, 2.45) is 7.05 Å². The minimum Gasteiger partial charge on any atom is -0.353 e. The van der Waals surface area contributed by atoms with Gasteiger partial charge in [-0.15, -0.1) is 11.3 Å². The van der Waals surface area contributed by atoms with Crippen molar-refractivity contribution in [2.45, 2.75) is 13.1 Å². The molecule has 0 saturated heterocycles.